The first kappa shape index (κ1) is 16.2. The van der Waals surface area contributed by atoms with E-state index in [1.807, 2.05) is 19.9 Å². The summed E-state index contributed by atoms with van der Waals surface area (Å²) in [6.07, 6.45) is 6.56. The maximum Gasteiger partial charge on any atom is 0.336 e. The predicted octanol–water partition coefficient (Wildman–Crippen LogP) is 3.07. The smallest absolute Gasteiger partial charge is 0.336 e. The first-order chi connectivity index (χ1) is 8.04. The van der Waals surface area contributed by atoms with Crippen molar-refractivity contribution >= 4 is 5.97 Å². The SMILES string of the molecule is CCCCCC/C=C(\C(=O)OC)C(O)C(C)C. The third-order valence-electron chi connectivity index (χ3n) is 2.79. The maximum absolute atomic E-state index is 11.5. The van der Waals surface area contributed by atoms with E-state index < -0.39 is 12.1 Å². The summed E-state index contributed by atoms with van der Waals surface area (Å²) in [6, 6.07) is 0. The Morgan fingerprint density at radius 1 is 1.29 bits per heavy atom. The molecule has 0 rings (SSSR count). The van der Waals surface area contributed by atoms with Gasteiger partial charge in [0, 0.05) is 0 Å². The molecule has 100 valence electrons. The van der Waals surface area contributed by atoms with Gasteiger partial charge in [-0.3, -0.25) is 0 Å². The molecule has 0 bridgehead atoms. The number of methoxy groups -OCH3 is 1. The quantitative estimate of drug-likeness (QED) is 0.404. The lowest BCUT2D eigenvalue weighted by Crippen LogP contribution is -2.24. The van der Waals surface area contributed by atoms with E-state index in [0.717, 1.165) is 12.8 Å². The molecule has 0 aliphatic rings. The predicted molar refractivity (Wildman–Crippen MR) is 69.7 cm³/mol. The molecule has 0 aromatic carbocycles. The van der Waals surface area contributed by atoms with Gasteiger partial charge in [0.15, 0.2) is 0 Å². The van der Waals surface area contributed by atoms with Crippen molar-refractivity contribution in [2.75, 3.05) is 7.11 Å². The zero-order chi connectivity index (χ0) is 13.3. The zero-order valence-corrected chi connectivity index (χ0v) is 11.5. The van der Waals surface area contributed by atoms with Crippen LogP contribution in [0, 0.1) is 5.92 Å². The molecule has 17 heavy (non-hydrogen) atoms. The number of aliphatic hydroxyl groups excluding tert-OH is 1. The van der Waals surface area contributed by atoms with E-state index in [1.54, 1.807) is 0 Å². The fraction of sp³-hybridized carbons (Fsp3) is 0.786. The van der Waals surface area contributed by atoms with Gasteiger partial charge >= 0.3 is 5.97 Å². The second-order valence-electron chi connectivity index (χ2n) is 4.69. The van der Waals surface area contributed by atoms with Crippen LogP contribution in [0.2, 0.25) is 0 Å². The maximum atomic E-state index is 11.5. The van der Waals surface area contributed by atoms with Crippen LogP contribution in [0.15, 0.2) is 11.6 Å². The summed E-state index contributed by atoms with van der Waals surface area (Å²) < 4.78 is 4.69. The number of unbranched alkanes of at least 4 members (excludes halogenated alkanes) is 4. The highest BCUT2D eigenvalue weighted by molar-refractivity contribution is 5.89. The normalized spacial score (nSPS) is 13.9. The molecule has 3 heteroatoms. The molecule has 0 saturated heterocycles. The number of aliphatic hydroxyl groups is 1. The van der Waals surface area contributed by atoms with Crippen molar-refractivity contribution < 1.29 is 14.6 Å². The number of hydrogen-bond acceptors (Lipinski definition) is 3. The number of ether oxygens (including phenoxy) is 1. The highest BCUT2D eigenvalue weighted by atomic mass is 16.5. The van der Waals surface area contributed by atoms with Crippen LogP contribution in [-0.4, -0.2) is 24.3 Å². The van der Waals surface area contributed by atoms with Gasteiger partial charge in [-0.15, -0.1) is 0 Å². The Morgan fingerprint density at radius 2 is 1.94 bits per heavy atom. The number of rotatable bonds is 8. The van der Waals surface area contributed by atoms with Crippen molar-refractivity contribution in [2.24, 2.45) is 5.92 Å². The van der Waals surface area contributed by atoms with Crippen LogP contribution in [0.4, 0.5) is 0 Å². The highest BCUT2D eigenvalue weighted by Crippen LogP contribution is 2.15. The largest absolute Gasteiger partial charge is 0.466 e. The van der Waals surface area contributed by atoms with E-state index in [-0.39, 0.29) is 5.92 Å². The van der Waals surface area contributed by atoms with Crippen molar-refractivity contribution in [3.05, 3.63) is 11.6 Å². The minimum absolute atomic E-state index is 0.0241. The third kappa shape index (κ3) is 6.47. The van der Waals surface area contributed by atoms with E-state index in [2.05, 4.69) is 6.92 Å². The summed E-state index contributed by atoms with van der Waals surface area (Å²) in [7, 11) is 1.35. The molecule has 1 atom stereocenters. The standard InChI is InChI=1S/C14H26O3/c1-5-6-7-8-9-10-12(14(16)17-4)13(15)11(2)3/h10-11,13,15H,5-9H2,1-4H3/b12-10-. The average Bonchev–Trinajstić information content (AvgIpc) is 2.32. The van der Waals surface area contributed by atoms with Crippen LogP contribution in [0.5, 0.6) is 0 Å². The minimum Gasteiger partial charge on any atom is -0.466 e. The molecule has 1 N–H and O–H groups in total. The lowest BCUT2D eigenvalue weighted by Gasteiger charge is -2.16. The molecule has 0 fully saturated rings. The van der Waals surface area contributed by atoms with Crippen molar-refractivity contribution in [1.82, 2.24) is 0 Å². The molecule has 0 aliphatic carbocycles. The van der Waals surface area contributed by atoms with Crippen molar-refractivity contribution in [1.29, 1.82) is 0 Å². The van der Waals surface area contributed by atoms with Crippen molar-refractivity contribution in [3.8, 4) is 0 Å². The summed E-state index contributed by atoms with van der Waals surface area (Å²) in [5.74, 6) is -0.391. The second-order valence-corrected chi connectivity index (χ2v) is 4.69. The van der Waals surface area contributed by atoms with Gasteiger partial charge in [-0.25, -0.2) is 4.79 Å². The van der Waals surface area contributed by atoms with E-state index in [4.69, 9.17) is 4.74 Å². The summed E-state index contributed by atoms with van der Waals surface area (Å²) >= 11 is 0. The zero-order valence-electron chi connectivity index (χ0n) is 11.5. The number of allylic oxidation sites excluding steroid dienone is 1. The Labute approximate surface area is 105 Å². The first-order valence-corrected chi connectivity index (χ1v) is 6.51. The van der Waals surface area contributed by atoms with Crippen molar-refractivity contribution in [3.63, 3.8) is 0 Å². The minimum atomic E-state index is -0.728. The lowest BCUT2D eigenvalue weighted by atomic mass is 9.97. The molecular weight excluding hydrogens is 216 g/mol. The Bertz CT molecular complexity index is 244. The number of esters is 1. The van der Waals surface area contributed by atoms with Gasteiger partial charge in [0.05, 0.1) is 18.8 Å². The van der Waals surface area contributed by atoms with Crippen molar-refractivity contribution in [2.45, 2.75) is 59.0 Å². The van der Waals surface area contributed by atoms with E-state index in [1.165, 1.54) is 26.4 Å². The Balaban J connectivity index is 4.37. The molecule has 0 amide bonds. The van der Waals surface area contributed by atoms with Gasteiger partial charge in [-0.2, -0.15) is 0 Å². The molecule has 3 nitrogen and oxygen atoms in total. The van der Waals surface area contributed by atoms with Crippen LogP contribution >= 0.6 is 0 Å². The summed E-state index contributed by atoms with van der Waals surface area (Å²) in [5, 5.41) is 9.92. The number of hydrogen-bond donors (Lipinski definition) is 1. The number of carbonyl (C=O) groups excluding carboxylic acids is 1. The molecule has 0 heterocycles. The summed E-state index contributed by atoms with van der Waals surface area (Å²) in [6.45, 7) is 5.94. The van der Waals surface area contributed by atoms with E-state index in [9.17, 15) is 9.90 Å². The molecule has 0 aliphatic heterocycles. The monoisotopic (exact) mass is 242 g/mol. The molecule has 0 saturated carbocycles. The van der Waals surface area contributed by atoms with Gasteiger partial charge in [0.1, 0.15) is 0 Å². The van der Waals surface area contributed by atoms with Gasteiger partial charge in [-0.05, 0) is 18.8 Å². The topological polar surface area (TPSA) is 46.5 Å². The van der Waals surface area contributed by atoms with Crippen LogP contribution < -0.4 is 0 Å². The lowest BCUT2D eigenvalue weighted by molar-refractivity contribution is -0.137. The molecular formula is C14H26O3. The van der Waals surface area contributed by atoms with E-state index in [0.29, 0.717) is 5.57 Å². The first-order valence-electron chi connectivity index (χ1n) is 6.51. The summed E-state index contributed by atoms with van der Waals surface area (Å²) in [4.78, 5) is 11.5. The molecule has 0 radical (unpaired) electrons. The fourth-order valence-corrected chi connectivity index (χ4v) is 1.63. The number of carbonyl (C=O) groups is 1. The van der Waals surface area contributed by atoms with Crippen LogP contribution in [0.25, 0.3) is 0 Å². The second kappa shape index (κ2) is 9.23. The van der Waals surface area contributed by atoms with E-state index >= 15 is 0 Å². The van der Waals surface area contributed by atoms with Gasteiger partial charge in [0.2, 0.25) is 0 Å². The Hall–Kier alpha value is -0.830. The van der Waals surface area contributed by atoms with Crippen LogP contribution in [0.1, 0.15) is 52.9 Å². The third-order valence-corrected chi connectivity index (χ3v) is 2.79. The Kier molecular flexibility index (Phi) is 8.78. The van der Waals surface area contributed by atoms with Crippen LogP contribution in [0.3, 0.4) is 0 Å². The fourth-order valence-electron chi connectivity index (χ4n) is 1.63. The van der Waals surface area contributed by atoms with Gasteiger partial charge in [-0.1, -0.05) is 46.1 Å². The van der Waals surface area contributed by atoms with Gasteiger partial charge < -0.3 is 9.84 Å². The highest BCUT2D eigenvalue weighted by Gasteiger charge is 2.21. The van der Waals surface area contributed by atoms with Gasteiger partial charge in [0.25, 0.3) is 0 Å². The summed E-state index contributed by atoms with van der Waals surface area (Å²) in [5.41, 5.74) is 0.402. The average molecular weight is 242 g/mol. The Morgan fingerprint density at radius 3 is 2.41 bits per heavy atom. The molecule has 0 aromatic rings. The molecule has 0 aromatic heterocycles. The molecule has 0 spiro atoms. The molecule has 1 unspecified atom stereocenters. The van der Waals surface area contributed by atoms with Crippen LogP contribution in [-0.2, 0) is 9.53 Å².